The molecule has 3 aliphatic rings. The Hall–Kier alpha value is -0.160. The molecular weight excluding hydrogens is 262 g/mol. The van der Waals surface area contributed by atoms with E-state index in [-0.39, 0.29) is 5.54 Å². The summed E-state index contributed by atoms with van der Waals surface area (Å²) in [6.45, 7) is 12.2. The maximum Gasteiger partial charge on any atom is 0.0594 e. The monoisotopic (exact) mass is 295 g/mol. The highest BCUT2D eigenvalue weighted by Gasteiger charge is 2.44. The third-order valence-corrected chi connectivity index (χ3v) is 6.31. The third kappa shape index (κ3) is 3.29. The molecule has 0 spiro atoms. The topological polar surface area (TPSA) is 41.7 Å². The molecule has 2 saturated heterocycles. The Morgan fingerprint density at radius 2 is 1.71 bits per heavy atom. The first-order valence-electron chi connectivity index (χ1n) is 8.82. The fourth-order valence-corrected chi connectivity index (χ4v) is 4.45. The van der Waals surface area contributed by atoms with Gasteiger partial charge in [-0.3, -0.25) is 9.80 Å². The molecule has 2 aliphatic heterocycles. The van der Waals surface area contributed by atoms with Gasteiger partial charge in [-0.2, -0.15) is 0 Å². The number of rotatable bonds is 3. The predicted molar refractivity (Wildman–Crippen MR) is 86.4 cm³/mol. The summed E-state index contributed by atoms with van der Waals surface area (Å²) in [5, 5.41) is 0. The van der Waals surface area contributed by atoms with Crippen LogP contribution in [0.15, 0.2) is 0 Å². The molecule has 0 radical (unpaired) electrons. The largest absolute Gasteiger partial charge is 0.379 e. The molecule has 0 aromatic rings. The van der Waals surface area contributed by atoms with Crippen molar-refractivity contribution in [3.05, 3.63) is 0 Å². The van der Waals surface area contributed by atoms with Crippen LogP contribution in [0.25, 0.3) is 0 Å². The Bertz CT molecular complexity index is 342. The maximum absolute atomic E-state index is 6.26. The molecule has 4 nitrogen and oxygen atoms in total. The molecule has 1 unspecified atom stereocenters. The highest BCUT2D eigenvalue weighted by Crippen LogP contribution is 2.43. The Labute approximate surface area is 130 Å². The van der Waals surface area contributed by atoms with Gasteiger partial charge in [0, 0.05) is 44.3 Å². The van der Waals surface area contributed by atoms with Crippen LogP contribution in [-0.4, -0.2) is 67.3 Å². The van der Waals surface area contributed by atoms with E-state index in [1.54, 1.807) is 0 Å². The van der Waals surface area contributed by atoms with E-state index in [4.69, 9.17) is 10.5 Å². The summed E-state index contributed by atoms with van der Waals surface area (Å²) in [7, 11) is 0. The first-order chi connectivity index (χ1) is 10.0. The molecule has 0 aromatic carbocycles. The molecule has 3 fully saturated rings. The minimum Gasteiger partial charge on any atom is -0.379 e. The highest BCUT2D eigenvalue weighted by molar-refractivity contribution is 5.01. The Balaban J connectivity index is 1.61. The first kappa shape index (κ1) is 15.7. The van der Waals surface area contributed by atoms with E-state index in [2.05, 4.69) is 23.6 Å². The van der Waals surface area contributed by atoms with Crippen molar-refractivity contribution >= 4 is 0 Å². The van der Waals surface area contributed by atoms with Crippen LogP contribution in [-0.2, 0) is 4.74 Å². The lowest BCUT2D eigenvalue weighted by molar-refractivity contribution is 0.00648. The summed E-state index contributed by atoms with van der Waals surface area (Å²) in [6.07, 6.45) is 6.52. The van der Waals surface area contributed by atoms with Gasteiger partial charge in [0.05, 0.1) is 13.2 Å². The van der Waals surface area contributed by atoms with E-state index in [1.807, 2.05) is 0 Å². The van der Waals surface area contributed by atoms with Gasteiger partial charge < -0.3 is 10.5 Å². The van der Waals surface area contributed by atoms with Crippen molar-refractivity contribution in [2.45, 2.75) is 57.5 Å². The second-order valence-corrected chi connectivity index (χ2v) is 8.13. The lowest BCUT2D eigenvalue weighted by atomic mass is 9.69. The van der Waals surface area contributed by atoms with E-state index < -0.39 is 0 Å². The van der Waals surface area contributed by atoms with Gasteiger partial charge in [-0.25, -0.2) is 0 Å². The third-order valence-electron chi connectivity index (χ3n) is 6.31. The van der Waals surface area contributed by atoms with Gasteiger partial charge in [-0.05, 0) is 37.5 Å². The Morgan fingerprint density at radius 3 is 2.33 bits per heavy atom. The van der Waals surface area contributed by atoms with Crippen LogP contribution in [0.4, 0.5) is 0 Å². The minimum absolute atomic E-state index is 0.288. The second kappa shape index (κ2) is 6.15. The van der Waals surface area contributed by atoms with Crippen LogP contribution in [0.3, 0.4) is 0 Å². The van der Waals surface area contributed by atoms with Gasteiger partial charge in [0.1, 0.15) is 0 Å². The van der Waals surface area contributed by atoms with Crippen LogP contribution >= 0.6 is 0 Å². The zero-order valence-electron chi connectivity index (χ0n) is 13.9. The van der Waals surface area contributed by atoms with E-state index in [0.29, 0.717) is 5.41 Å². The van der Waals surface area contributed by atoms with Crippen molar-refractivity contribution in [1.29, 1.82) is 0 Å². The molecule has 2 N–H and O–H groups in total. The Morgan fingerprint density at radius 1 is 1.05 bits per heavy atom. The molecular formula is C17H33N3O. The Kier molecular flexibility index (Phi) is 4.60. The van der Waals surface area contributed by atoms with Crippen molar-refractivity contribution in [2.24, 2.45) is 11.1 Å². The van der Waals surface area contributed by atoms with Gasteiger partial charge >= 0.3 is 0 Å². The van der Waals surface area contributed by atoms with Crippen molar-refractivity contribution in [3.8, 4) is 0 Å². The van der Waals surface area contributed by atoms with E-state index in [1.165, 1.54) is 45.2 Å². The highest BCUT2D eigenvalue weighted by atomic mass is 16.5. The average Bonchev–Trinajstić information content (AvgIpc) is 2.99. The van der Waals surface area contributed by atoms with E-state index in [9.17, 15) is 0 Å². The molecule has 1 atom stereocenters. The normalized spacial score (nSPS) is 34.1. The van der Waals surface area contributed by atoms with Gasteiger partial charge in [0.25, 0.3) is 0 Å². The summed E-state index contributed by atoms with van der Waals surface area (Å²) < 4.78 is 5.49. The van der Waals surface area contributed by atoms with Crippen LogP contribution in [0, 0.1) is 5.41 Å². The van der Waals surface area contributed by atoms with Crippen molar-refractivity contribution in [3.63, 3.8) is 0 Å². The molecule has 4 heteroatoms. The molecule has 1 saturated carbocycles. The molecule has 0 amide bonds. The SMILES string of the molecule is CC1(C)CCC(CN)(N2CCC(N3CCOCC3)C2)CC1. The van der Waals surface area contributed by atoms with Gasteiger partial charge in [-0.15, -0.1) is 0 Å². The zero-order valence-corrected chi connectivity index (χ0v) is 13.9. The summed E-state index contributed by atoms with van der Waals surface area (Å²) >= 11 is 0. The van der Waals surface area contributed by atoms with E-state index in [0.717, 1.165) is 38.9 Å². The minimum atomic E-state index is 0.288. The summed E-state index contributed by atoms with van der Waals surface area (Å²) in [6, 6.07) is 0.729. The van der Waals surface area contributed by atoms with Crippen molar-refractivity contribution in [2.75, 3.05) is 45.9 Å². The molecule has 2 heterocycles. The van der Waals surface area contributed by atoms with Crippen LogP contribution < -0.4 is 5.73 Å². The number of morpholine rings is 1. The first-order valence-corrected chi connectivity index (χ1v) is 8.82. The lowest BCUT2D eigenvalue weighted by Gasteiger charge is -2.48. The molecule has 122 valence electrons. The number of nitrogens with two attached hydrogens (primary N) is 1. The number of hydrogen-bond acceptors (Lipinski definition) is 4. The summed E-state index contributed by atoms with van der Waals surface area (Å²) in [5.74, 6) is 0. The fraction of sp³-hybridized carbons (Fsp3) is 1.00. The zero-order chi connectivity index (χ0) is 14.9. The van der Waals surface area contributed by atoms with Gasteiger partial charge in [-0.1, -0.05) is 13.8 Å². The summed E-state index contributed by atoms with van der Waals surface area (Å²) in [5.41, 5.74) is 7.06. The quantitative estimate of drug-likeness (QED) is 0.860. The lowest BCUT2D eigenvalue weighted by Crippen LogP contribution is -2.56. The number of ether oxygens (including phenoxy) is 1. The number of likely N-dealkylation sites (tertiary alicyclic amines) is 1. The smallest absolute Gasteiger partial charge is 0.0594 e. The van der Waals surface area contributed by atoms with Gasteiger partial charge in [0.2, 0.25) is 0 Å². The fourth-order valence-electron chi connectivity index (χ4n) is 4.45. The molecule has 21 heavy (non-hydrogen) atoms. The van der Waals surface area contributed by atoms with Crippen molar-refractivity contribution < 1.29 is 4.74 Å². The molecule has 1 aliphatic carbocycles. The van der Waals surface area contributed by atoms with Crippen LogP contribution in [0.2, 0.25) is 0 Å². The van der Waals surface area contributed by atoms with Crippen LogP contribution in [0.5, 0.6) is 0 Å². The average molecular weight is 295 g/mol. The molecule has 3 rings (SSSR count). The van der Waals surface area contributed by atoms with Crippen LogP contribution in [0.1, 0.15) is 46.0 Å². The molecule has 0 aromatic heterocycles. The number of nitrogens with zero attached hydrogens (tertiary/aromatic N) is 2. The van der Waals surface area contributed by atoms with E-state index >= 15 is 0 Å². The molecule has 0 bridgehead atoms. The number of hydrogen-bond donors (Lipinski definition) is 1. The maximum atomic E-state index is 6.26. The standard InChI is InChI=1S/C17H33N3O/c1-16(2)4-6-17(14-18,7-5-16)20-8-3-15(13-20)19-9-11-21-12-10-19/h15H,3-14,18H2,1-2H3. The van der Waals surface area contributed by atoms with Gasteiger partial charge in [0.15, 0.2) is 0 Å². The predicted octanol–water partition coefficient (Wildman–Crippen LogP) is 1.69. The second-order valence-electron chi connectivity index (χ2n) is 8.13. The van der Waals surface area contributed by atoms with Crippen molar-refractivity contribution in [1.82, 2.24) is 9.80 Å². The summed E-state index contributed by atoms with van der Waals surface area (Å²) in [4.78, 5) is 5.38.